The largest absolute Gasteiger partial charge is 0.397 e. The molecule has 0 aromatic carbocycles. The van der Waals surface area contributed by atoms with Crippen LogP contribution < -0.4 is 0 Å². The molecule has 0 aromatic heterocycles. The van der Waals surface area contributed by atoms with Crippen molar-refractivity contribution in [1.29, 1.82) is 0 Å². The smallest absolute Gasteiger partial charge is 0.393 e. The third-order valence-corrected chi connectivity index (χ3v) is 2.35. The Kier molecular flexibility index (Phi) is 5.58. The van der Waals surface area contributed by atoms with Crippen molar-refractivity contribution in [2.75, 3.05) is 0 Å². The summed E-state index contributed by atoms with van der Waals surface area (Å²) in [7, 11) is -4.40. The van der Waals surface area contributed by atoms with Crippen LogP contribution in [0.4, 0.5) is 0 Å². The van der Waals surface area contributed by atoms with E-state index in [2.05, 4.69) is 4.18 Å². The lowest BCUT2D eigenvalue weighted by molar-refractivity contribution is 0.102. The van der Waals surface area contributed by atoms with Gasteiger partial charge in [0.1, 0.15) is 0 Å². The highest BCUT2D eigenvalue weighted by Gasteiger charge is 2.20. The van der Waals surface area contributed by atoms with Crippen molar-refractivity contribution >= 4 is 10.4 Å². The Hall–Kier alpha value is -0.170. The van der Waals surface area contributed by atoms with Gasteiger partial charge in [-0.3, -0.25) is 4.55 Å². The van der Waals surface area contributed by atoms with Crippen molar-refractivity contribution in [3.05, 3.63) is 0 Å². The van der Waals surface area contributed by atoms with Gasteiger partial charge in [0, 0.05) is 0 Å². The maximum absolute atomic E-state index is 10.5. The van der Waals surface area contributed by atoms with E-state index in [0.717, 1.165) is 0 Å². The van der Waals surface area contributed by atoms with Crippen LogP contribution in [0.15, 0.2) is 0 Å². The molecule has 0 saturated heterocycles. The average Bonchev–Trinajstić information content (AvgIpc) is 1.94. The Labute approximate surface area is 85.0 Å². The first-order valence-corrected chi connectivity index (χ1v) is 5.92. The third kappa shape index (κ3) is 7.25. The molecular weight excluding hydrogens is 208 g/mol. The highest BCUT2D eigenvalue weighted by molar-refractivity contribution is 7.80. The summed E-state index contributed by atoms with van der Waals surface area (Å²) in [6, 6.07) is 0. The highest BCUT2D eigenvalue weighted by atomic mass is 32.3. The van der Waals surface area contributed by atoms with Crippen molar-refractivity contribution in [3.8, 4) is 0 Å². The molecule has 0 radical (unpaired) electrons. The molecule has 6 heteroatoms. The molecule has 5 nitrogen and oxygen atoms in total. The zero-order valence-corrected chi connectivity index (χ0v) is 9.49. The zero-order valence-electron chi connectivity index (χ0n) is 8.67. The van der Waals surface area contributed by atoms with Crippen molar-refractivity contribution in [3.63, 3.8) is 0 Å². The Balaban J connectivity index is 4.17. The number of aliphatic hydroxyl groups excluding tert-OH is 1. The lowest BCUT2D eigenvalue weighted by Crippen LogP contribution is -2.24. The molecule has 0 aliphatic carbocycles. The van der Waals surface area contributed by atoms with Crippen LogP contribution in [-0.2, 0) is 14.6 Å². The second-order valence-corrected chi connectivity index (χ2v) is 4.78. The van der Waals surface area contributed by atoms with Gasteiger partial charge in [-0.25, -0.2) is 4.18 Å². The Bertz CT molecular complexity index is 244. The summed E-state index contributed by atoms with van der Waals surface area (Å²) in [6.45, 7) is 5.20. The Morgan fingerprint density at radius 2 is 1.71 bits per heavy atom. The SMILES string of the molecule is CC(O)CCC(OS(=O)(=O)O)C(C)C. The summed E-state index contributed by atoms with van der Waals surface area (Å²) in [5.74, 6) is -0.0318. The molecule has 2 unspecified atom stereocenters. The number of aliphatic hydroxyl groups is 1. The van der Waals surface area contributed by atoms with Crippen molar-refractivity contribution in [2.24, 2.45) is 5.92 Å². The number of rotatable bonds is 6. The molecule has 14 heavy (non-hydrogen) atoms. The van der Waals surface area contributed by atoms with Crippen LogP contribution in [-0.4, -0.2) is 30.3 Å². The van der Waals surface area contributed by atoms with E-state index in [9.17, 15) is 8.42 Å². The Morgan fingerprint density at radius 3 is 2.00 bits per heavy atom. The average molecular weight is 226 g/mol. The molecule has 0 amide bonds. The van der Waals surface area contributed by atoms with Crippen molar-refractivity contribution in [1.82, 2.24) is 0 Å². The van der Waals surface area contributed by atoms with Crippen LogP contribution >= 0.6 is 0 Å². The van der Waals surface area contributed by atoms with Gasteiger partial charge in [0.05, 0.1) is 12.2 Å². The van der Waals surface area contributed by atoms with Crippen LogP contribution in [0.5, 0.6) is 0 Å². The van der Waals surface area contributed by atoms with Crippen LogP contribution in [0.1, 0.15) is 33.6 Å². The van der Waals surface area contributed by atoms with Gasteiger partial charge in [-0.1, -0.05) is 13.8 Å². The monoisotopic (exact) mass is 226 g/mol. The molecule has 2 N–H and O–H groups in total. The molecule has 0 spiro atoms. The fourth-order valence-electron chi connectivity index (χ4n) is 1.05. The van der Waals surface area contributed by atoms with Gasteiger partial charge in [0.25, 0.3) is 0 Å². The normalized spacial score (nSPS) is 17.0. The van der Waals surface area contributed by atoms with E-state index in [1.165, 1.54) is 0 Å². The third-order valence-electron chi connectivity index (χ3n) is 1.86. The molecule has 0 aromatic rings. The van der Waals surface area contributed by atoms with Gasteiger partial charge in [0.15, 0.2) is 0 Å². The summed E-state index contributed by atoms with van der Waals surface area (Å²) in [6.07, 6.45) is -0.242. The summed E-state index contributed by atoms with van der Waals surface area (Å²) in [4.78, 5) is 0. The van der Waals surface area contributed by atoms with Gasteiger partial charge in [-0.2, -0.15) is 8.42 Å². The first-order chi connectivity index (χ1) is 6.22. The maximum Gasteiger partial charge on any atom is 0.397 e. The summed E-state index contributed by atoms with van der Waals surface area (Å²) in [5.41, 5.74) is 0. The maximum atomic E-state index is 10.5. The second kappa shape index (κ2) is 5.65. The lowest BCUT2D eigenvalue weighted by Gasteiger charge is -2.19. The summed E-state index contributed by atoms with van der Waals surface area (Å²) in [5, 5.41) is 9.01. The summed E-state index contributed by atoms with van der Waals surface area (Å²) < 4.78 is 33.9. The quantitative estimate of drug-likeness (QED) is 0.660. The predicted octanol–water partition coefficient (Wildman–Crippen LogP) is 0.991. The van der Waals surface area contributed by atoms with Crippen LogP contribution in [0.25, 0.3) is 0 Å². The lowest BCUT2D eigenvalue weighted by atomic mass is 10.0. The molecular formula is C8H18O5S. The molecule has 2 atom stereocenters. The van der Waals surface area contributed by atoms with E-state index in [1.807, 2.05) is 0 Å². The van der Waals surface area contributed by atoms with Crippen LogP contribution in [0.2, 0.25) is 0 Å². The van der Waals surface area contributed by atoms with Crippen LogP contribution in [0.3, 0.4) is 0 Å². The summed E-state index contributed by atoms with van der Waals surface area (Å²) >= 11 is 0. The molecule has 0 bridgehead atoms. The number of hydrogen-bond donors (Lipinski definition) is 2. The first kappa shape index (κ1) is 13.8. The minimum atomic E-state index is -4.40. The van der Waals surface area contributed by atoms with Crippen molar-refractivity contribution < 1.29 is 22.3 Å². The van der Waals surface area contributed by atoms with E-state index in [4.69, 9.17) is 9.66 Å². The molecule has 0 aliphatic rings. The van der Waals surface area contributed by atoms with Gasteiger partial charge in [-0.15, -0.1) is 0 Å². The predicted molar refractivity (Wildman–Crippen MR) is 52.2 cm³/mol. The Morgan fingerprint density at radius 1 is 1.21 bits per heavy atom. The van der Waals surface area contributed by atoms with E-state index < -0.39 is 22.6 Å². The van der Waals surface area contributed by atoms with Crippen LogP contribution in [0, 0.1) is 5.92 Å². The van der Waals surface area contributed by atoms with E-state index in [1.54, 1.807) is 20.8 Å². The minimum absolute atomic E-state index is 0.0318. The molecule has 86 valence electrons. The van der Waals surface area contributed by atoms with E-state index in [0.29, 0.717) is 12.8 Å². The molecule has 0 heterocycles. The van der Waals surface area contributed by atoms with E-state index in [-0.39, 0.29) is 5.92 Å². The topological polar surface area (TPSA) is 83.8 Å². The number of hydrogen-bond acceptors (Lipinski definition) is 4. The fourth-order valence-corrected chi connectivity index (χ4v) is 1.69. The van der Waals surface area contributed by atoms with Gasteiger partial charge in [0.2, 0.25) is 0 Å². The highest BCUT2D eigenvalue weighted by Crippen LogP contribution is 2.16. The molecule has 0 aliphatic heterocycles. The molecule has 0 saturated carbocycles. The first-order valence-electron chi connectivity index (χ1n) is 4.56. The second-order valence-electron chi connectivity index (χ2n) is 3.73. The van der Waals surface area contributed by atoms with E-state index >= 15 is 0 Å². The zero-order chi connectivity index (χ0) is 11.4. The van der Waals surface area contributed by atoms with Crippen molar-refractivity contribution in [2.45, 2.75) is 45.8 Å². The van der Waals surface area contributed by atoms with Gasteiger partial charge in [-0.05, 0) is 25.7 Å². The molecule has 0 fully saturated rings. The van der Waals surface area contributed by atoms with Gasteiger partial charge < -0.3 is 5.11 Å². The standard InChI is InChI=1S/C8H18O5S/c1-6(2)8(5-4-7(3)9)13-14(10,11)12/h6-9H,4-5H2,1-3H3,(H,10,11,12). The minimum Gasteiger partial charge on any atom is -0.393 e. The molecule has 0 rings (SSSR count). The fraction of sp³-hybridized carbons (Fsp3) is 1.00. The van der Waals surface area contributed by atoms with Gasteiger partial charge >= 0.3 is 10.4 Å².